The van der Waals surface area contributed by atoms with Crippen LogP contribution in [-0.4, -0.2) is 232 Å². The first-order chi connectivity index (χ1) is 31.6. The van der Waals surface area contributed by atoms with Crippen LogP contribution in [0.1, 0.15) is 71.6 Å². The lowest BCUT2D eigenvalue weighted by atomic mass is 9.41. The van der Waals surface area contributed by atoms with Gasteiger partial charge in [-0.2, -0.15) is 0 Å². The number of rotatable bonds is 12. The molecule has 23 nitrogen and oxygen atoms in total. The van der Waals surface area contributed by atoms with E-state index in [1.165, 1.54) is 0 Å². The first-order valence-corrected chi connectivity index (χ1v) is 23.4. The van der Waals surface area contributed by atoms with Gasteiger partial charge in [-0.15, -0.1) is 0 Å². The van der Waals surface area contributed by atoms with E-state index in [1.807, 2.05) is 6.92 Å². The standard InChI is InChI=1S/C44H70O23/c1-17-11-43-9-5-22-41(2,7-4-8-42(22,3)40(59)66-38-33(58)30(55)26(51)20(14-47)62-38)23(43)6-10-44(17,16-43)67-39-35(65-37-32(57)29(54)25(50)19(13-46)61-37)34(27(52)21(15-48)63-39)64-36-31(56)28(53)24(49)18(12-45)60-36/h18-39,45-58H,1,4-16H2,2-3H3/t18-,19-,20-,21-,22-,23-,24-,25-,26-,27-,28+,29+,30+,31-,32-,33-,34+,35-,36+,37+,38+,39+,41+,42+,43+,44+/m1/s1. The highest BCUT2D eigenvalue weighted by atomic mass is 16.8. The van der Waals surface area contributed by atoms with Gasteiger partial charge in [0.15, 0.2) is 18.9 Å². The highest BCUT2D eigenvalue weighted by molar-refractivity contribution is 5.77. The van der Waals surface area contributed by atoms with E-state index < -0.39 is 177 Å². The van der Waals surface area contributed by atoms with Crippen molar-refractivity contribution in [2.75, 3.05) is 26.4 Å². The molecule has 67 heavy (non-hydrogen) atoms. The van der Waals surface area contributed by atoms with Crippen molar-refractivity contribution in [2.24, 2.45) is 28.1 Å². The zero-order valence-electron chi connectivity index (χ0n) is 37.5. The molecule has 0 radical (unpaired) electrons. The molecule has 4 saturated carbocycles. The number of hydrogen-bond donors (Lipinski definition) is 14. The molecule has 4 heterocycles. The lowest BCUT2D eigenvalue weighted by Crippen LogP contribution is -2.68. The first-order valence-electron chi connectivity index (χ1n) is 23.4. The topological polar surface area (TPSA) is 374 Å². The van der Waals surface area contributed by atoms with Crippen LogP contribution in [0.3, 0.4) is 0 Å². The van der Waals surface area contributed by atoms with E-state index in [4.69, 9.17) is 37.9 Å². The van der Waals surface area contributed by atoms with Crippen LogP contribution in [-0.2, 0) is 42.7 Å². The molecule has 0 aromatic rings. The molecule has 4 saturated heterocycles. The smallest absolute Gasteiger partial charge is 0.314 e. The second-order valence-corrected chi connectivity index (χ2v) is 20.8. The highest BCUT2D eigenvalue weighted by Crippen LogP contribution is 2.74. The molecule has 1 spiro atoms. The Labute approximate surface area is 386 Å². The van der Waals surface area contributed by atoms with E-state index in [9.17, 15) is 76.3 Å². The van der Waals surface area contributed by atoms with Gasteiger partial charge in [0.25, 0.3) is 0 Å². The Morgan fingerprint density at radius 1 is 0.567 bits per heavy atom. The second kappa shape index (κ2) is 19.4. The Balaban J connectivity index is 1.06. The number of carbonyl (C=O) groups excluding carboxylic acids is 1. The molecule has 23 heteroatoms. The lowest BCUT2D eigenvalue weighted by Gasteiger charge is -2.64. The number of hydrogen-bond acceptors (Lipinski definition) is 23. The predicted octanol–water partition coefficient (Wildman–Crippen LogP) is -5.11. The summed E-state index contributed by atoms with van der Waals surface area (Å²) in [6.07, 6.45) is -29.1. The molecule has 0 aromatic heterocycles. The molecule has 4 aliphatic carbocycles. The minimum Gasteiger partial charge on any atom is -0.432 e. The third-order valence-corrected chi connectivity index (χ3v) is 17.1. The van der Waals surface area contributed by atoms with Crippen molar-refractivity contribution in [3.8, 4) is 0 Å². The summed E-state index contributed by atoms with van der Waals surface area (Å²) >= 11 is 0. The molecule has 384 valence electrons. The van der Waals surface area contributed by atoms with E-state index in [-0.39, 0.29) is 11.8 Å². The summed E-state index contributed by atoms with van der Waals surface area (Å²) in [5.74, 6) is -0.805. The van der Waals surface area contributed by atoms with Crippen molar-refractivity contribution >= 4 is 5.97 Å². The molecule has 8 aliphatic rings. The Morgan fingerprint density at radius 2 is 1.03 bits per heavy atom. The average Bonchev–Trinajstić information content (AvgIpc) is 3.50. The van der Waals surface area contributed by atoms with Gasteiger partial charge in [0.05, 0.1) is 37.4 Å². The maximum atomic E-state index is 14.3. The fourth-order valence-corrected chi connectivity index (χ4v) is 13.5. The van der Waals surface area contributed by atoms with Gasteiger partial charge < -0.3 is 109 Å². The van der Waals surface area contributed by atoms with Crippen LogP contribution < -0.4 is 0 Å². The van der Waals surface area contributed by atoms with Crippen molar-refractivity contribution in [2.45, 2.75) is 200 Å². The third-order valence-electron chi connectivity index (χ3n) is 17.1. The Bertz CT molecular complexity index is 1760. The number of carbonyl (C=O) groups is 1. The molecule has 8 rings (SSSR count). The van der Waals surface area contributed by atoms with Crippen molar-refractivity contribution in [3.63, 3.8) is 0 Å². The van der Waals surface area contributed by atoms with E-state index in [1.54, 1.807) is 0 Å². The molecule has 8 fully saturated rings. The van der Waals surface area contributed by atoms with Crippen LogP contribution in [0.5, 0.6) is 0 Å². The van der Waals surface area contributed by atoms with Gasteiger partial charge in [-0.3, -0.25) is 4.79 Å². The maximum absolute atomic E-state index is 14.3. The van der Waals surface area contributed by atoms with Gasteiger partial charge in [-0.25, -0.2) is 0 Å². The van der Waals surface area contributed by atoms with E-state index in [0.29, 0.717) is 56.9 Å². The van der Waals surface area contributed by atoms with Gasteiger partial charge in [0.1, 0.15) is 97.7 Å². The number of ether oxygens (including phenoxy) is 8. The Morgan fingerprint density at radius 3 is 1.57 bits per heavy atom. The third kappa shape index (κ3) is 8.63. The van der Waals surface area contributed by atoms with Gasteiger partial charge >= 0.3 is 5.97 Å². The van der Waals surface area contributed by atoms with Gasteiger partial charge in [0.2, 0.25) is 6.29 Å². The van der Waals surface area contributed by atoms with Crippen molar-refractivity contribution in [1.82, 2.24) is 0 Å². The number of aliphatic hydroxyl groups is 14. The van der Waals surface area contributed by atoms with Gasteiger partial charge in [-0.1, -0.05) is 19.9 Å². The molecule has 26 atom stereocenters. The van der Waals surface area contributed by atoms with Crippen LogP contribution in [0.4, 0.5) is 0 Å². The van der Waals surface area contributed by atoms with Crippen molar-refractivity contribution < 1.29 is 114 Å². The maximum Gasteiger partial charge on any atom is 0.314 e. The first kappa shape index (κ1) is 51.7. The monoisotopic (exact) mass is 966 g/mol. The summed E-state index contributed by atoms with van der Waals surface area (Å²) in [6.45, 7) is 5.41. The molecular formula is C44H70O23. The molecule has 0 unspecified atom stereocenters. The van der Waals surface area contributed by atoms with Crippen LogP contribution >= 0.6 is 0 Å². The fourth-order valence-electron chi connectivity index (χ4n) is 13.5. The zero-order valence-corrected chi connectivity index (χ0v) is 37.5. The minimum atomic E-state index is -1.95. The molecule has 4 aliphatic heterocycles. The number of aliphatic hydroxyl groups excluding tert-OH is 14. The molecule has 0 amide bonds. The normalized spacial score (nSPS) is 54.5. The summed E-state index contributed by atoms with van der Waals surface area (Å²) in [5.41, 5.74) is -2.33. The summed E-state index contributed by atoms with van der Waals surface area (Å²) in [4.78, 5) is 14.3. The second-order valence-electron chi connectivity index (χ2n) is 20.8. The van der Waals surface area contributed by atoms with Crippen molar-refractivity contribution in [3.05, 3.63) is 12.2 Å². The molecule has 0 aromatic carbocycles. The molecular weight excluding hydrogens is 896 g/mol. The number of esters is 1. The molecule has 2 bridgehead atoms. The van der Waals surface area contributed by atoms with E-state index in [0.717, 1.165) is 6.42 Å². The summed E-state index contributed by atoms with van der Waals surface area (Å²) in [7, 11) is 0. The van der Waals surface area contributed by atoms with Crippen LogP contribution in [0.25, 0.3) is 0 Å². The minimum absolute atomic E-state index is 0.0251. The summed E-state index contributed by atoms with van der Waals surface area (Å²) in [6, 6.07) is 0. The highest BCUT2D eigenvalue weighted by Gasteiger charge is 2.70. The molecule has 14 N–H and O–H groups in total. The average molecular weight is 967 g/mol. The quantitative estimate of drug-likeness (QED) is 0.0494. The van der Waals surface area contributed by atoms with Crippen LogP contribution in [0, 0.1) is 28.1 Å². The van der Waals surface area contributed by atoms with Crippen molar-refractivity contribution in [1.29, 1.82) is 0 Å². The summed E-state index contributed by atoms with van der Waals surface area (Å²) in [5, 5.41) is 148. The van der Waals surface area contributed by atoms with E-state index in [2.05, 4.69) is 13.5 Å². The van der Waals surface area contributed by atoms with Gasteiger partial charge in [-0.05, 0) is 86.5 Å². The van der Waals surface area contributed by atoms with Crippen LogP contribution in [0.2, 0.25) is 0 Å². The largest absolute Gasteiger partial charge is 0.432 e. The number of fused-ring (bicyclic) bond motifs is 3. The Hall–Kier alpha value is -1.63. The van der Waals surface area contributed by atoms with Gasteiger partial charge in [0, 0.05) is 0 Å². The SMILES string of the molecule is C=C1C[C@]23CC[C@@H]4[C@](C)(CCC[C@]4(C)C(=O)O[C@@H]4O[C@H](CO)[C@@H](O)[C@H](O)[C@H]4O)[C@H]2CC[C@]1(O[C@@H]1O[C@H](CO)[C@@H](O)[C@H](O[C@@H]2O[C@H](CO)[C@@H](O)[C@H](O)[C@H]2O)[C@H]1O[C@@H]1O[C@H](CO)[C@@H](O)[C@H](O)[C@H]1O)C3. The van der Waals surface area contributed by atoms with Crippen LogP contribution in [0.15, 0.2) is 12.2 Å². The zero-order chi connectivity index (χ0) is 48.7. The van der Waals surface area contributed by atoms with E-state index >= 15 is 0 Å². The predicted molar refractivity (Wildman–Crippen MR) is 219 cm³/mol. The Kier molecular flexibility index (Phi) is 15.0. The lowest BCUT2D eigenvalue weighted by molar-refractivity contribution is -0.400. The fraction of sp³-hybridized carbons (Fsp3) is 0.932. The summed E-state index contributed by atoms with van der Waals surface area (Å²) < 4.78 is 48.2.